The fourth-order valence-electron chi connectivity index (χ4n) is 1.52. The van der Waals surface area contributed by atoms with E-state index < -0.39 is 27.9 Å². The molecular formula is C12H8N2O5. The van der Waals surface area contributed by atoms with Crippen molar-refractivity contribution < 1.29 is 19.9 Å². The van der Waals surface area contributed by atoms with Gasteiger partial charge in [0.15, 0.2) is 5.75 Å². The molecule has 96 valence electrons. The van der Waals surface area contributed by atoms with Crippen LogP contribution in [0.15, 0.2) is 36.5 Å². The van der Waals surface area contributed by atoms with Crippen LogP contribution in [0.1, 0.15) is 16.1 Å². The van der Waals surface area contributed by atoms with Crippen LogP contribution in [-0.2, 0) is 0 Å². The molecule has 0 radical (unpaired) electrons. The van der Waals surface area contributed by atoms with Crippen LogP contribution >= 0.6 is 0 Å². The summed E-state index contributed by atoms with van der Waals surface area (Å²) >= 11 is 0. The SMILES string of the molecule is O=C(c1cc(O)c(O)c([N+](=O)[O-])c1)c1ccccn1. The van der Waals surface area contributed by atoms with Crippen LogP contribution in [0.5, 0.6) is 11.5 Å². The second-order valence-electron chi connectivity index (χ2n) is 3.66. The van der Waals surface area contributed by atoms with Gasteiger partial charge >= 0.3 is 5.69 Å². The van der Waals surface area contributed by atoms with Crippen LogP contribution in [0.4, 0.5) is 5.69 Å². The van der Waals surface area contributed by atoms with E-state index in [9.17, 15) is 25.1 Å². The molecule has 7 nitrogen and oxygen atoms in total. The van der Waals surface area contributed by atoms with Crippen molar-refractivity contribution in [1.82, 2.24) is 4.98 Å². The first-order valence-electron chi connectivity index (χ1n) is 5.17. The summed E-state index contributed by atoms with van der Waals surface area (Å²) in [6.45, 7) is 0. The Bertz CT molecular complexity index is 655. The summed E-state index contributed by atoms with van der Waals surface area (Å²) in [6, 6.07) is 6.51. The molecule has 0 spiro atoms. The van der Waals surface area contributed by atoms with E-state index in [0.717, 1.165) is 12.1 Å². The second-order valence-corrected chi connectivity index (χ2v) is 3.66. The largest absolute Gasteiger partial charge is 0.504 e. The quantitative estimate of drug-likeness (QED) is 0.375. The average molecular weight is 260 g/mol. The van der Waals surface area contributed by atoms with Gasteiger partial charge in [-0.15, -0.1) is 0 Å². The van der Waals surface area contributed by atoms with Gasteiger partial charge in [0.05, 0.1) is 4.92 Å². The molecule has 1 heterocycles. The lowest BCUT2D eigenvalue weighted by atomic mass is 10.1. The number of aromatic hydroxyl groups is 2. The molecule has 0 atom stereocenters. The van der Waals surface area contributed by atoms with Crippen LogP contribution in [0, 0.1) is 10.1 Å². The number of hydrogen-bond acceptors (Lipinski definition) is 6. The van der Waals surface area contributed by atoms with Crippen molar-refractivity contribution in [2.24, 2.45) is 0 Å². The minimum absolute atomic E-state index is 0.0851. The summed E-state index contributed by atoms with van der Waals surface area (Å²) in [6.07, 6.45) is 1.40. The lowest BCUT2D eigenvalue weighted by molar-refractivity contribution is -0.386. The molecule has 0 fully saturated rings. The van der Waals surface area contributed by atoms with E-state index in [2.05, 4.69) is 4.98 Å². The normalized spacial score (nSPS) is 10.1. The zero-order valence-corrected chi connectivity index (χ0v) is 9.48. The van der Waals surface area contributed by atoms with Crippen LogP contribution in [0.2, 0.25) is 0 Å². The number of benzene rings is 1. The molecule has 0 aliphatic carbocycles. The number of nitro groups is 1. The van der Waals surface area contributed by atoms with Gasteiger partial charge in [-0.25, -0.2) is 0 Å². The van der Waals surface area contributed by atoms with Gasteiger partial charge < -0.3 is 10.2 Å². The molecular weight excluding hydrogens is 252 g/mol. The first kappa shape index (κ1) is 12.5. The highest BCUT2D eigenvalue weighted by Gasteiger charge is 2.22. The Morgan fingerprint density at radius 2 is 2.00 bits per heavy atom. The summed E-state index contributed by atoms with van der Waals surface area (Å²) in [7, 11) is 0. The van der Waals surface area contributed by atoms with Gasteiger partial charge in [0.1, 0.15) is 5.69 Å². The molecule has 0 bridgehead atoms. The number of aromatic nitrogens is 1. The number of hydrogen-bond donors (Lipinski definition) is 2. The summed E-state index contributed by atoms with van der Waals surface area (Å²) in [5, 5.41) is 29.4. The molecule has 2 rings (SSSR count). The maximum absolute atomic E-state index is 12.0. The van der Waals surface area contributed by atoms with Crippen molar-refractivity contribution in [2.45, 2.75) is 0 Å². The second kappa shape index (κ2) is 4.73. The van der Waals surface area contributed by atoms with Gasteiger partial charge in [-0.2, -0.15) is 0 Å². The van der Waals surface area contributed by atoms with Crippen molar-refractivity contribution in [3.63, 3.8) is 0 Å². The van der Waals surface area contributed by atoms with E-state index in [1.807, 2.05) is 0 Å². The summed E-state index contributed by atoms with van der Waals surface area (Å²) in [5.74, 6) is -2.19. The smallest absolute Gasteiger partial charge is 0.315 e. The highest BCUT2D eigenvalue weighted by atomic mass is 16.6. The van der Waals surface area contributed by atoms with Gasteiger partial charge in [0.25, 0.3) is 0 Å². The van der Waals surface area contributed by atoms with Crippen molar-refractivity contribution in [1.29, 1.82) is 0 Å². The number of phenols is 2. The Balaban J connectivity index is 2.52. The number of carbonyl (C=O) groups excluding carboxylic acids is 1. The molecule has 0 aliphatic rings. The van der Waals surface area contributed by atoms with E-state index in [4.69, 9.17) is 0 Å². The topological polar surface area (TPSA) is 114 Å². The Labute approximate surface area is 106 Å². The van der Waals surface area contributed by atoms with E-state index in [-0.39, 0.29) is 11.3 Å². The monoisotopic (exact) mass is 260 g/mol. The van der Waals surface area contributed by atoms with Crippen LogP contribution in [-0.4, -0.2) is 25.9 Å². The Morgan fingerprint density at radius 3 is 2.58 bits per heavy atom. The van der Waals surface area contributed by atoms with Gasteiger partial charge in [0, 0.05) is 17.8 Å². The molecule has 1 aromatic heterocycles. The first-order chi connectivity index (χ1) is 9.00. The van der Waals surface area contributed by atoms with Gasteiger partial charge in [0.2, 0.25) is 11.5 Å². The van der Waals surface area contributed by atoms with Gasteiger partial charge in [-0.05, 0) is 18.2 Å². The zero-order valence-electron chi connectivity index (χ0n) is 9.48. The maximum Gasteiger partial charge on any atom is 0.315 e. The minimum atomic E-state index is -0.885. The fourth-order valence-corrected chi connectivity index (χ4v) is 1.52. The van der Waals surface area contributed by atoms with Crippen molar-refractivity contribution in [3.05, 3.63) is 57.9 Å². The molecule has 0 saturated carbocycles. The number of ketones is 1. The minimum Gasteiger partial charge on any atom is -0.504 e. The zero-order chi connectivity index (χ0) is 14.0. The molecule has 2 aromatic rings. The van der Waals surface area contributed by atoms with Crippen LogP contribution < -0.4 is 0 Å². The summed E-state index contributed by atoms with van der Waals surface area (Å²) in [4.78, 5) is 25.6. The number of nitrogens with zero attached hydrogens (tertiary/aromatic N) is 2. The average Bonchev–Trinajstić information content (AvgIpc) is 2.41. The van der Waals surface area contributed by atoms with Crippen LogP contribution in [0.3, 0.4) is 0 Å². The van der Waals surface area contributed by atoms with Crippen molar-refractivity contribution in [2.75, 3.05) is 0 Å². The van der Waals surface area contributed by atoms with E-state index >= 15 is 0 Å². The predicted octanol–water partition coefficient (Wildman–Crippen LogP) is 1.63. The van der Waals surface area contributed by atoms with E-state index in [0.29, 0.717) is 0 Å². The summed E-state index contributed by atoms with van der Waals surface area (Å²) in [5.41, 5.74) is -0.776. The lowest BCUT2D eigenvalue weighted by Gasteiger charge is -2.03. The molecule has 7 heteroatoms. The van der Waals surface area contributed by atoms with Gasteiger partial charge in [-0.3, -0.25) is 19.9 Å². The number of carbonyl (C=O) groups is 1. The Kier molecular flexibility index (Phi) is 3.11. The molecule has 19 heavy (non-hydrogen) atoms. The van der Waals surface area contributed by atoms with E-state index in [1.165, 1.54) is 12.3 Å². The van der Waals surface area contributed by atoms with Crippen molar-refractivity contribution >= 4 is 11.5 Å². The molecule has 0 aliphatic heterocycles. The highest BCUT2D eigenvalue weighted by molar-refractivity contribution is 6.08. The highest BCUT2D eigenvalue weighted by Crippen LogP contribution is 2.36. The third-order valence-corrected chi connectivity index (χ3v) is 2.43. The number of nitro benzene ring substituents is 1. The first-order valence-corrected chi connectivity index (χ1v) is 5.17. The fraction of sp³-hybridized carbons (Fsp3) is 0. The standard InChI is InChI=1S/C12H8N2O5/c15-10-6-7(5-9(12(10)17)14(18)19)11(16)8-3-1-2-4-13-8/h1-6,15,17H. The molecule has 2 N–H and O–H groups in total. The predicted molar refractivity (Wildman–Crippen MR) is 64.1 cm³/mol. The molecule has 0 unspecified atom stereocenters. The molecule has 1 aromatic carbocycles. The number of pyridine rings is 1. The lowest BCUT2D eigenvalue weighted by Crippen LogP contribution is -2.04. The third kappa shape index (κ3) is 2.34. The van der Waals surface area contributed by atoms with Crippen LogP contribution in [0.25, 0.3) is 0 Å². The van der Waals surface area contributed by atoms with Gasteiger partial charge in [-0.1, -0.05) is 6.07 Å². The third-order valence-electron chi connectivity index (χ3n) is 2.43. The Morgan fingerprint density at radius 1 is 1.26 bits per heavy atom. The molecule has 0 saturated heterocycles. The summed E-state index contributed by atoms with van der Waals surface area (Å²) < 4.78 is 0. The van der Waals surface area contributed by atoms with E-state index in [1.54, 1.807) is 12.1 Å². The van der Waals surface area contributed by atoms with Crippen molar-refractivity contribution in [3.8, 4) is 11.5 Å². The Hall–Kier alpha value is -2.96. The number of phenolic OH excluding ortho intramolecular Hbond substituents is 2. The number of rotatable bonds is 3. The maximum atomic E-state index is 12.0. The molecule has 0 amide bonds.